The minimum absolute atomic E-state index is 0.00226. The minimum Gasteiger partial charge on any atom is -0.508 e. The van der Waals surface area contributed by atoms with Gasteiger partial charge in [-0.05, 0) is 173 Å². The third-order valence-electron chi connectivity index (χ3n) is 23.0. The van der Waals surface area contributed by atoms with E-state index in [0.29, 0.717) is 41.3 Å². The fourth-order valence-corrected chi connectivity index (χ4v) is 15.6. The number of hydrogen-bond donors (Lipinski definition) is 21. The van der Waals surface area contributed by atoms with Gasteiger partial charge >= 0.3 is 11.9 Å². The predicted molar refractivity (Wildman–Crippen MR) is 479 cm³/mol. The number of nitrogens with two attached hydrogens (primary N) is 4. The maximum absolute atomic E-state index is 14.6. The van der Waals surface area contributed by atoms with Crippen LogP contribution >= 0.6 is 0 Å². The molecule has 6 atom stereocenters. The van der Waals surface area contributed by atoms with Crippen molar-refractivity contribution in [2.24, 2.45) is 40.7 Å². The molecule has 1 aliphatic carbocycles. The molecule has 0 spiro atoms. The van der Waals surface area contributed by atoms with Crippen molar-refractivity contribution in [3.05, 3.63) is 147 Å². The number of rotatable bonds is 29. The number of guanidine groups is 1. The number of ether oxygens (including phenoxy) is 1. The van der Waals surface area contributed by atoms with Crippen LogP contribution in [0.2, 0.25) is 0 Å². The summed E-state index contributed by atoms with van der Waals surface area (Å²) in [7, 11) is 0. The summed E-state index contributed by atoms with van der Waals surface area (Å²) in [6.45, 7) is 3.48. The Bertz CT molecular complexity index is 5780. The van der Waals surface area contributed by atoms with Gasteiger partial charge in [-0.25, -0.2) is 4.79 Å². The number of phenols is 1. The zero-order valence-electron chi connectivity index (χ0n) is 71.6. The molecule has 1 aromatic heterocycles. The normalized spacial score (nSPS) is 18.0. The van der Waals surface area contributed by atoms with E-state index < -0.39 is 157 Å². The van der Waals surface area contributed by atoms with Gasteiger partial charge in [-0.3, -0.25) is 72.5 Å². The Morgan fingerprint density at radius 1 is 0.595 bits per heavy atom. The van der Waals surface area contributed by atoms with Gasteiger partial charge in [0.2, 0.25) is 76.9 Å². The lowest BCUT2D eigenvalue weighted by molar-refractivity contribution is -0.137. The van der Waals surface area contributed by atoms with Gasteiger partial charge in [-0.1, -0.05) is 32.4 Å². The number of aromatic carboxylic acids is 1. The van der Waals surface area contributed by atoms with Crippen LogP contribution in [-0.4, -0.2) is 208 Å². The van der Waals surface area contributed by atoms with Crippen LogP contribution in [0.3, 0.4) is 0 Å². The number of piperidine rings is 2. The van der Waals surface area contributed by atoms with Gasteiger partial charge in [0.15, 0.2) is 11.4 Å². The number of nitrogens with one attached hydrogen (secondary N) is 14. The van der Waals surface area contributed by atoms with Crippen molar-refractivity contribution < 1.29 is 91.6 Å². The van der Waals surface area contributed by atoms with Gasteiger partial charge in [-0.2, -0.15) is 15.0 Å². The molecular weight excluding hydrogens is 1700 g/mol. The summed E-state index contributed by atoms with van der Waals surface area (Å²) in [6, 6.07) is 19.4. The molecule has 2 fully saturated rings. The van der Waals surface area contributed by atoms with E-state index in [2.05, 4.69) is 69.1 Å². The number of hydrogen-bond acceptors (Lipinski definition) is 27. The number of anilines is 8. The van der Waals surface area contributed by atoms with E-state index in [-0.39, 0.29) is 212 Å². The molecule has 0 radical (unpaired) electrons. The maximum Gasteiger partial charge on any atom is 0.336 e. The van der Waals surface area contributed by atoms with Gasteiger partial charge in [0.25, 0.3) is 11.8 Å². The molecule has 6 heterocycles. The van der Waals surface area contributed by atoms with Crippen LogP contribution in [0.4, 0.5) is 46.3 Å². The second-order valence-corrected chi connectivity index (χ2v) is 32.2. The molecule has 0 bridgehead atoms. The number of carboxylic acid groups (broad SMARTS) is 2. The summed E-state index contributed by atoms with van der Waals surface area (Å²) >= 11 is 0. The van der Waals surface area contributed by atoms with Gasteiger partial charge in [0, 0.05) is 127 Å². The number of aliphatic carboxylic acids is 1. The summed E-state index contributed by atoms with van der Waals surface area (Å²) in [5.41, 5.74) is 24.3. The summed E-state index contributed by atoms with van der Waals surface area (Å²) in [5, 5.41) is 74.9. The highest BCUT2D eigenvalue weighted by molar-refractivity contribution is 6.10. The zero-order chi connectivity index (χ0) is 93.9. The Kier molecular flexibility index (Phi) is 31.2. The number of carbonyl (C=O) groups is 14. The summed E-state index contributed by atoms with van der Waals surface area (Å²) in [4.78, 5) is 221. The first-order valence-corrected chi connectivity index (χ1v) is 42.7. The fourth-order valence-electron chi connectivity index (χ4n) is 15.6. The molecule has 0 unspecified atom stereocenters. The number of nitrogens with zero attached hydrogens (tertiary/aromatic N) is 5. The van der Waals surface area contributed by atoms with E-state index in [1.165, 1.54) is 84.9 Å². The largest absolute Gasteiger partial charge is 0.508 e. The number of fused-ring (bicyclic) bond motifs is 5. The van der Waals surface area contributed by atoms with Crippen molar-refractivity contribution in [1.82, 2.24) is 57.5 Å². The third kappa shape index (κ3) is 24.6. The van der Waals surface area contributed by atoms with E-state index in [0.717, 1.165) is 0 Å². The number of aromatic hydroxyl groups is 1. The third-order valence-corrected chi connectivity index (χ3v) is 23.0. The van der Waals surface area contributed by atoms with Gasteiger partial charge < -0.3 is 126 Å². The number of primary amides is 2. The molecule has 0 saturated carbocycles. The van der Waals surface area contributed by atoms with Crippen LogP contribution in [0.5, 0.6) is 11.5 Å². The van der Waals surface area contributed by atoms with Crippen LogP contribution in [0.15, 0.2) is 118 Å². The molecule has 25 N–H and O–H groups in total. The predicted octanol–water partition coefficient (Wildman–Crippen LogP) is 2.73. The molecule has 12 rings (SSSR count). The average Bonchev–Trinajstić information content (AvgIpc) is 0.738. The number of benzene rings is 6. The van der Waals surface area contributed by atoms with Crippen LogP contribution in [0.1, 0.15) is 144 Å². The van der Waals surface area contributed by atoms with Crippen molar-refractivity contribution in [1.29, 1.82) is 5.41 Å². The van der Waals surface area contributed by atoms with Crippen LogP contribution in [0.25, 0.3) is 33.4 Å². The first-order valence-electron chi connectivity index (χ1n) is 42.7. The summed E-state index contributed by atoms with van der Waals surface area (Å²) in [6.07, 6.45) is 1.42. The van der Waals surface area contributed by atoms with Gasteiger partial charge in [0.1, 0.15) is 53.1 Å². The second kappa shape index (κ2) is 43.3. The topological polar surface area (TPSA) is 669 Å². The maximum atomic E-state index is 14.6. The Hall–Kier alpha value is -15.6. The molecule has 690 valence electrons. The van der Waals surface area contributed by atoms with Gasteiger partial charge in [-0.15, -0.1) is 0 Å². The SMILES string of the molecule is CC[C@H](C)[C@@H]1NC(=O)c2cc(NC(=O)CNC(=O)C3CCN(c4nc(Nc5ccc(-c6c7ccc(=O)cc-7oc7cc(O)ccc67)c(C(=O)O)c5)nc(N5CCC(C(=O)NCC(=O)Nc6ccc7c(c6)C(=O)N[C@@H](CCC(=O)O)C(=O)N[C@@H](CCCCN)C(=O)N[C@H](C(N)=O)CCO7)CC5)n4)CC3)ccc2NCc2ccc(C(N)=O)cc2NC(=O)[C@H](CCCNC(=N)N)NC1=O. The number of aromatic nitrogens is 3. The van der Waals surface area contributed by atoms with Gasteiger partial charge in [0.05, 0.1) is 36.4 Å². The quantitative estimate of drug-likeness (QED) is 0.0139. The number of unbranched alkanes of at least 4 members (excludes halogenated alkanes) is 1. The fraction of sp³-hybridized carbons (Fsp3) is 0.375. The molecule has 12 amide bonds. The van der Waals surface area contributed by atoms with E-state index in [4.69, 9.17) is 52.4 Å². The molecule has 5 aliphatic heterocycles. The standard InChI is InChI=1S/C88H103N23O20/c1-3-44(2)73-83(127)104-63(8-6-29-94-85(92)93)81(125)105-65-35-47(74(90)118)9-10-48(65)41-95-60-19-12-49(37-58(60)78(122)106-73)98-69(114)42-96-76(120)45-23-30-110(31-24-45)87-107-86(100-51-11-16-54(57(36-51)84(128)129)72-55-17-14-52(112)39-67(55)131-68-40-53(113)15-18-56(68)72)108-88(109-87)111-32-25-46(26-33-111)77(121)97-43-70(115)99-50-13-21-66-59(38-50)79(123)102-64(20-22-71(116)117)82(126)103-62(7-4-5-28-89)80(124)101-61(75(91)119)27-34-130-66/h9-19,21,35-40,44-46,61-64,73,95,112H,3-8,20,22-34,41-43,89H2,1-2H3,(H2,90,118)(H2,91,119)(H,96,120)(H,97,121)(H,98,114)(H,99,115)(H,101,124)(H,102,123)(H,103,126)(H,104,127)(H,105,125)(H,106,122)(H,116,117)(H,128,129)(H4,92,93,94)(H,100,107,108,109)/t44-,61-,62-,63-,64-,73-/m0/s1. The van der Waals surface area contributed by atoms with Crippen molar-refractivity contribution >= 4 is 146 Å². The molecule has 131 heavy (non-hydrogen) atoms. The molecular formula is C88H103N23O20. The van der Waals surface area contributed by atoms with Crippen molar-refractivity contribution in [3.63, 3.8) is 0 Å². The second-order valence-electron chi connectivity index (χ2n) is 32.2. The first kappa shape index (κ1) is 94.5. The molecule has 43 heteroatoms. The van der Waals surface area contributed by atoms with Crippen molar-refractivity contribution in [3.8, 4) is 33.9 Å². The van der Waals surface area contributed by atoms with Crippen LogP contribution in [-0.2, 0) is 54.5 Å². The van der Waals surface area contributed by atoms with Crippen LogP contribution in [0, 0.1) is 23.2 Å². The highest BCUT2D eigenvalue weighted by Gasteiger charge is 2.37. The number of amides is 12. The Balaban J connectivity index is 0.730. The lowest BCUT2D eigenvalue weighted by Gasteiger charge is -2.34. The summed E-state index contributed by atoms with van der Waals surface area (Å²) in [5.74, 6) is -13.1. The lowest BCUT2D eigenvalue weighted by Crippen LogP contribution is -2.56. The molecule has 2 saturated heterocycles. The first-order chi connectivity index (χ1) is 62.8. The highest BCUT2D eigenvalue weighted by atomic mass is 16.5. The zero-order valence-corrected chi connectivity index (χ0v) is 71.6. The molecule has 6 aromatic rings. The monoisotopic (exact) mass is 1800 g/mol. The van der Waals surface area contributed by atoms with Crippen molar-refractivity contribution in [2.75, 3.05) is 95.3 Å². The van der Waals surface area contributed by atoms with E-state index >= 15 is 0 Å². The Morgan fingerprint density at radius 3 is 1.84 bits per heavy atom. The average molecular weight is 1800 g/mol. The number of carbonyl (C=O) groups excluding carboxylic acids is 12. The molecule has 6 aliphatic rings. The number of phenolic OH excluding ortho intramolecular Hbond substituents is 1. The smallest absolute Gasteiger partial charge is 0.336 e. The Morgan fingerprint density at radius 2 is 1.21 bits per heavy atom. The summed E-state index contributed by atoms with van der Waals surface area (Å²) < 4.78 is 12.0. The van der Waals surface area contributed by atoms with E-state index in [1.807, 2.05) is 16.7 Å². The molecule has 43 nitrogen and oxygen atoms in total. The van der Waals surface area contributed by atoms with E-state index in [1.54, 1.807) is 31.2 Å². The Labute approximate surface area is 748 Å². The van der Waals surface area contributed by atoms with E-state index in [9.17, 15) is 87.2 Å². The van der Waals surface area contributed by atoms with Crippen molar-refractivity contribution in [2.45, 2.75) is 134 Å². The molecule has 5 aromatic carbocycles. The van der Waals surface area contributed by atoms with Crippen LogP contribution < -0.4 is 112 Å². The lowest BCUT2D eigenvalue weighted by atomic mass is 9.90. The number of carboxylic acids is 2. The highest BCUT2D eigenvalue weighted by Crippen LogP contribution is 2.43. The minimum atomic E-state index is -1.51.